The molecule has 0 saturated heterocycles. The third-order valence-electron chi connectivity index (χ3n) is 6.17. The number of benzene rings is 2. The van der Waals surface area contributed by atoms with Gasteiger partial charge in [0.05, 0.1) is 17.1 Å². The van der Waals surface area contributed by atoms with Crippen LogP contribution in [0.5, 0.6) is 0 Å². The number of rotatable bonds is 6. The van der Waals surface area contributed by atoms with E-state index < -0.39 is 37.4 Å². The van der Waals surface area contributed by atoms with Gasteiger partial charge in [-0.15, -0.1) is 0 Å². The molecule has 0 spiro atoms. The van der Waals surface area contributed by atoms with Crippen LogP contribution in [0.3, 0.4) is 0 Å². The van der Waals surface area contributed by atoms with E-state index in [2.05, 4.69) is 0 Å². The van der Waals surface area contributed by atoms with Gasteiger partial charge in [0.2, 0.25) is 5.88 Å². The van der Waals surface area contributed by atoms with Gasteiger partial charge in [-0.3, -0.25) is 9.11 Å². The molecule has 0 aliphatic carbocycles. The second kappa shape index (κ2) is 9.16. The molecule has 3 aromatic rings. The molecule has 0 amide bonds. The molecule has 0 saturated carbocycles. The Balaban J connectivity index is 1.86. The van der Waals surface area contributed by atoms with Gasteiger partial charge >= 0.3 is 10.1 Å². The van der Waals surface area contributed by atoms with Gasteiger partial charge < -0.3 is 4.90 Å². The summed E-state index contributed by atoms with van der Waals surface area (Å²) in [5, 5.41) is 0.510. The molecule has 9 nitrogen and oxygen atoms in total. The number of imidazole rings is 1. The zero-order valence-electron chi connectivity index (χ0n) is 19.6. The number of anilines is 1. The molecule has 4 rings (SSSR count). The molecule has 0 fully saturated rings. The van der Waals surface area contributed by atoms with Crippen LogP contribution in [0.4, 0.5) is 5.69 Å². The van der Waals surface area contributed by atoms with Crippen LogP contribution >= 0.6 is 23.2 Å². The van der Waals surface area contributed by atoms with Gasteiger partial charge in [0.25, 0.3) is 15.9 Å². The van der Waals surface area contributed by atoms with Crippen molar-refractivity contribution in [1.82, 2.24) is 4.57 Å². The minimum atomic E-state index is -4.40. The fourth-order valence-corrected chi connectivity index (χ4v) is 6.13. The summed E-state index contributed by atoms with van der Waals surface area (Å²) in [6.07, 6.45) is 4.99. The number of allylic oxidation sites excluding steroid dienone is 3. The van der Waals surface area contributed by atoms with E-state index in [1.807, 2.05) is 26.0 Å². The highest BCUT2D eigenvalue weighted by Crippen LogP contribution is 2.47. The van der Waals surface area contributed by atoms with Crippen molar-refractivity contribution in [2.75, 3.05) is 10.8 Å². The van der Waals surface area contributed by atoms with Gasteiger partial charge in [-0.05, 0) is 17.7 Å². The molecule has 2 aromatic carbocycles. The molecule has 0 unspecified atom stereocenters. The van der Waals surface area contributed by atoms with Crippen LogP contribution in [0.2, 0.25) is 10.0 Å². The van der Waals surface area contributed by atoms with Crippen LogP contribution < -0.4 is 9.47 Å². The molecule has 2 N–H and O–H groups in total. The minimum absolute atomic E-state index is 0.225. The lowest BCUT2D eigenvalue weighted by molar-refractivity contribution is -0.647. The van der Waals surface area contributed by atoms with Crippen LogP contribution in [0.25, 0.3) is 17.1 Å². The summed E-state index contributed by atoms with van der Waals surface area (Å²) in [7, 11) is -7.03. The van der Waals surface area contributed by atoms with E-state index in [0.717, 1.165) is 5.56 Å². The van der Waals surface area contributed by atoms with Crippen LogP contribution in [-0.4, -0.2) is 36.4 Å². The Labute approximate surface area is 219 Å². The van der Waals surface area contributed by atoms with Crippen LogP contribution in [0.15, 0.2) is 54.2 Å². The Morgan fingerprint density at radius 1 is 1.00 bits per heavy atom. The number of aromatic nitrogens is 2. The minimum Gasteiger partial charge on any atom is -0.327 e. The van der Waals surface area contributed by atoms with Gasteiger partial charge in [0.15, 0.2) is 16.9 Å². The van der Waals surface area contributed by atoms with Crippen LogP contribution in [-0.2, 0) is 38.6 Å². The molecule has 0 atom stereocenters. The highest BCUT2D eigenvalue weighted by Gasteiger charge is 2.41. The molecule has 1 aliphatic rings. The first kappa shape index (κ1) is 26.6. The molecule has 2 heterocycles. The molecule has 1 aromatic heterocycles. The third kappa shape index (κ3) is 5.04. The first-order chi connectivity index (χ1) is 16.6. The number of fused-ring (bicyclic) bond motifs is 2. The number of hydrogen-bond donors (Lipinski definition) is 2. The van der Waals surface area contributed by atoms with Crippen molar-refractivity contribution in [3.05, 3.63) is 75.7 Å². The van der Waals surface area contributed by atoms with E-state index in [1.54, 1.807) is 48.0 Å². The summed E-state index contributed by atoms with van der Waals surface area (Å²) in [6, 6.07) is 10.4. The summed E-state index contributed by atoms with van der Waals surface area (Å²) < 4.78 is 69.3. The fourth-order valence-electron chi connectivity index (χ4n) is 4.61. The number of para-hydroxylation sites is 1. The maximum atomic E-state index is 11.8. The standard InChI is InChI=1S/C23H23Cl2N3O6S2/c1-23(2)15-7-4-5-8-18(15)27(13-35(29,30)31)21(23)9-6-10-22-26(3)19-11-16(24)17(25)12-20(19)28(22)14-36(32,33)34/h4-12H,13-14H2,1-3H3,(H-,29,30,31,32,33,34)/p+1. The van der Waals surface area contributed by atoms with E-state index in [9.17, 15) is 25.9 Å². The molecule has 13 heteroatoms. The van der Waals surface area contributed by atoms with Crippen molar-refractivity contribution in [3.63, 3.8) is 0 Å². The summed E-state index contributed by atoms with van der Waals surface area (Å²) in [5.74, 6) is -0.932. The first-order valence-electron chi connectivity index (χ1n) is 10.6. The smallest absolute Gasteiger partial charge is 0.304 e. The summed E-state index contributed by atoms with van der Waals surface area (Å²) in [5.41, 5.74) is 2.61. The highest BCUT2D eigenvalue weighted by molar-refractivity contribution is 7.85. The molecular weight excluding hydrogens is 549 g/mol. The van der Waals surface area contributed by atoms with Crippen molar-refractivity contribution in [2.24, 2.45) is 7.05 Å². The van der Waals surface area contributed by atoms with Gasteiger partial charge in [-0.1, -0.05) is 61.3 Å². The van der Waals surface area contributed by atoms with E-state index in [4.69, 9.17) is 23.2 Å². The van der Waals surface area contributed by atoms with E-state index >= 15 is 0 Å². The Bertz CT molecular complexity index is 1660. The summed E-state index contributed by atoms with van der Waals surface area (Å²) in [4.78, 5) is 1.53. The average Bonchev–Trinajstić information content (AvgIpc) is 3.10. The maximum Gasteiger partial charge on any atom is 0.304 e. The quantitative estimate of drug-likeness (QED) is 0.336. The zero-order valence-corrected chi connectivity index (χ0v) is 22.7. The van der Waals surface area contributed by atoms with E-state index in [-0.39, 0.29) is 10.0 Å². The number of aryl methyl sites for hydroxylation is 1. The van der Waals surface area contributed by atoms with E-state index in [0.29, 0.717) is 28.2 Å². The topological polar surface area (TPSA) is 121 Å². The van der Waals surface area contributed by atoms with Crippen LogP contribution in [0, 0.1) is 0 Å². The number of nitrogens with zero attached hydrogens (tertiary/aromatic N) is 3. The Morgan fingerprint density at radius 2 is 1.61 bits per heavy atom. The average molecular weight is 574 g/mol. The number of hydrogen-bond acceptors (Lipinski definition) is 5. The lowest BCUT2D eigenvalue weighted by Gasteiger charge is -2.25. The molecule has 0 bridgehead atoms. The number of halogens is 2. The predicted molar refractivity (Wildman–Crippen MR) is 140 cm³/mol. The van der Waals surface area contributed by atoms with Crippen molar-refractivity contribution >= 4 is 66.2 Å². The molecule has 1 aliphatic heterocycles. The van der Waals surface area contributed by atoms with Gasteiger partial charge in [0, 0.05) is 35.0 Å². The Morgan fingerprint density at radius 3 is 2.25 bits per heavy atom. The largest absolute Gasteiger partial charge is 0.327 e. The molecule has 0 radical (unpaired) electrons. The Hall–Kier alpha value is -2.41. The predicted octanol–water partition coefficient (Wildman–Crippen LogP) is 4.16. The van der Waals surface area contributed by atoms with Crippen molar-refractivity contribution in [3.8, 4) is 0 Å². The van der Waals surface area contributed by atoms with Crippen molar-refractivity contribution in [2.45, 2.75) is 25.1 Å². The van der Waals surface area contributed by atoms with Gasteiger partial charge in [-0.25, -0.2) is 9.13 Å². The summed E-state index contributed by atoms with van der Waals surface area (Å²) in [6.45, 7) is 3.88. The second-order valence-electron chi connectivity index (χ2n) is 9.00. The Kier molecular flexibility index (Phi) is 6.78. The van der Waals surface area contributed by atoms with Gasteiger partial charge in [-0.2, -0.15) is 16.8 Å². The third-order valence-corrected chi connectivity index (χ3v) is 8.06. The van der Waals surface area contributed by atoms with Crippen LogP contribution in [0.1, 0.15) is 25.2 Å². The fraction of sp³-hybridized carbons (Fsp3) is 0.261. The normalized spacial score (nSPS) is 17.0. The lowest BCUT2D eigenvalue weighted by Crippen LogP contribution is -2.31. The SMILES string of the molecule is C[n+]1c(/C=C/C=C2/N(CS(=O)(=O)O)c3ccccc3C2(C)C)n(CS(=O)(=O)O)c2cc(Cl)c(Cl)cc21. The monoisotopic (exact) mass is 572 g/mol. The first-order valence-corrected chi connectivity index (χ1v) is 14.6. The van der Waals surface area contributed by atoms with E-state index in [1.165, 1.54) is 15.5 Å². The second-order valence-corrected chi connectivity index (χ2v) is 12.7. The molecular formula is C23H24Cl2N3O6S2+. The molecule has 36 heavy (non-hydrogen) atoms. The highest BCUT2D eigenvalue weighted by atomic mass is 35.5. The van der Waals surface area contributed by atoms with Crippen molar-refractivity contribution < 1.29 is 30.5 Å². The zero-order chi connectivity index (χ0) is 26.6. The van der Waals surface area contributed by atoms with Gasteiger partial charge in [0.1, 0.15) is 0 Å². The molecule has 192 valence electrons. The lowest BCUT2D eigenvalue weighted by atomic mass is 9.84. The maximum absolute atomic E-state index is 11.8. The van der Waals surface area contributed by atoms with Crippen molar-refractivity contribution in [1.29, 1.82) is 0 Å². The summed E-state index contributed by atoms with van der Waals surface area (Å²) >= 11 is 12.3.